The number of nitrogens with zero attached hydrogens (tertiary/aromatic N) is 3. The molecular weight excluding hydrogens is 602 g/mol. The summed E-state index contributed by atoms with van der Waals surface area (Å²) in [6.07, 6.45) is 0. The van der Waals surface area contributed by atoms with E-state index in [1.807, 2.05) is 24.3 Å². The highest BCUT2D eigenvalue weighted by Crippen LogP contribution is 2.52. The van der Waals surface area contributed by atoms with E-state index < -0.39 is 0 Å². The number of aromatic nitrogens is 3. The summed E-state index contributed by atoms with van der Waals surface area (Å²) in [5.41, 5.74) is 14.6. The van der Waals surface area contributed by atoms with Gasteiger partial charge < -0.3 is 0 Å². The summed E-state index contributed by atoms with van der Waals surface area (Å²) in [6, 6.07) is 45.2. The van der Waals surface area contributed by atoms with Gasteiger partial charge in [0.15, 0.2) is 17.5 Å². The Morgan fingerprint density at radius 3 is 1.55 bits per heavy atom. The Bertz CT molecular complexity index is 2440. The minimum absolute atomic E-state index is 0.0860. The van der Waals surface area contributed by atoms with Crippen LogP contribution >= 0.6 is 0 Å². The van der Waals surface area contributed by atoms with Crippen molar-refractivity contribution in [3.05, 3.63) is 162 Å². The van der Waals surface area contributed by atoms with E-state index in [0.717, 1.165) is 27.8 Å². The van der Waals surface area contributed by atoms with Gasteiger partial charge in [0, 0.05) is 27.5 Å². The lowest BCUT2D eigenvalue weighted by molar-refractivity contribution is 0.628. The summed E-state index contributed by atoms with van der Waals surface area (Å²) in [5.74, 6) is 1.65. The number of fused-ring (bicyclic) bond motifs is 6. The fourth-order valence-electron chi connectivity index (χ4n) is 8.10. The van der Waals surface area contributed by atoms with E-state index in [9.17, 15) is 4.39 Å². The van der Waals surface area contributed by atoms with E-state index in [4.69, 9.17) is 15.0 Å². The van der Waals surface area contributed by atoms with Crippen LogP contribution in [0.25, 0.3) is 67.5 Å². The minimum Gasteiger partial charge on any atom is -0.208 e. The molecule has 0 radical (unpaired) electrons. The molecule has 0 N–H and O–H groups in total. The Balaban J connectivity index is 1.23. The molecule has 0 bridgehead atoms. The summed E-state index contributed by atoms with van der Waals surface area (Å²) >= 11 is 0. The highest BCUT2D eigenvalue weighted by Gasteiger charge is 2.38. The van der Waals surface area contributed by atoms with E-state index in [1.165, 1.54) is 56.6 Å². The molecule has 0 saturated carbocycles. The third-order valence-corrected chi connectivity index (χ3v) is 10.6. The fraction of sp³-hybridized carbons (Fsp3) is 0.133. The van der Waals surface area contributed by atoms with E-state index in [0.29, 0.717) is 17.5 Å². The predicted molar refractivity (Wildman–Crippen MR) is 197 cm³/mol. The van der Waals surface area contributed by atoms with Gasteiger partial charge in [-0.3, -0.25) is 0 Å². The molecule has 7 aromatic rings. The van der Waals surface area contributed by atoms with Gasteiger partial charge in [0.25, 0.3) is 0 Å². The van der Waals surface area contributed by atoms with E-state index in [2.05, 4.69) is 113 Å². The van der Waals surface area contributed by atoms with Crippen molar-refractivity contribution in [3.8, 4) is 67.5 Å². The molecule has 0 saturated heterocycles. The Kier molecular flexibility index (Phi) is 6.38. The Morgan fingerprint density at radius 1 is 0.388 bits per heavy atom. The van der Waals surface area contributed by atoms with Crippen molar-refractivity contribution < 1.29 is 4.39 Å². The van der Waals surface area contributed by atoms with Crippen molar-refractivity contribution in [2.24, 2.45) is 0 Å². The first-order valence-electron chi connectivity index (χ1n) is 16.8. The topological polar surface area (TPSA) is 38.7 Å². The van der Waals surface area contributed by atoms with E-state index in [-0.39, 0.29) is 16.6 Å². The van der Waals surface area contributed by atoms with Crippen LogP contribution < -0.4 is 0 Å². The van der Waals surface area contributed by atoms with Crippen LogP contribution in [0.1, 0.15) is 49.9 Å². The van der Waals surface area contributed by atoms with Crippen LogP contribution in [0, 0.1) is 5.82 Å². The van der Waals surface area contributed by atoms with Gasteiger partial charge in [-0.15, -0.1) is 0 Å². The van der Waals surface area contributed by atoms with Crippen LogP contribution in [-0.4, -0.2) is 15.0 Å². The zero-order valence-corrected chi connectivity index (χ0v) is 27.9. The smallest absolute Gasteiger partial charge is 0.164 e. The van der Waals surface area contributed by atoms with Gasteiger partial charge in [0.1, 0.15) is 5.82 Å². The lowest BCUT2D eigenvalue weighted by atomic mass is 9.80. The summed E-state index contributed by atoms with van der Waals surface area (Å²) in [7, 11) is 0. The predicted octanol–water partition coefficient (Wildman–Crippen LogP) is 11.3. The number of hydrogen-bond donors (Lipinski definition) is 0. The quantitative estimate of drug-likeness (QED) is 0.193. The van der Waals surface area contributed by atoms with Crippen molar-refractivity contribution >= 4 is 0 Å². The number of hydrogen-bond acceptors (Lipinski definition) is 3. The SMILES string of the molecule is CC1(C)c2ccccc2-c2cc(-c3nc(-c4ccc(-c5ccc(F)cc5)cc4)nc(-c4cccc5c4C(C)(C)c4ccccc4-5)n3)ccc21. The lowest BCUT2D eigenvalue weighted by Gasteiger charge is -2.24. The molecule has 6 aromatic carbocycles. The van der Waals surface area contributed by atoms with Gasteiger partial charge in [0.2, 0.25) is 0 Å². The second kappa shape index (κ2) is 10.6. The van der Waals surface area contributed by atoms with Gasteiger partial charge in [-0.1, -0.05) is 143 Å². The van der Waals surface area contributed by atoms with Crippen molar-refractivity contribution in [2.45, 2.75) is 38.5 Å². The van der Waals surface area contributed by atoms with Crippen LogP contribution in [0.15, 0.2) is 133 Å². The monoisotopic (exact) mass is 635 g/mol. The summed E-state index contributed by atoms with van der Waals surface area (Å²) in [4.78, 5) is 15.5. The maximum Gasteiger partial charge on any atom is 0.164 e. The molecular formula is C45H34FN3. The second-order valence-corrected chi connectivity index (χ2v) is 14.2. The molecule has 0 fully saturated rings. The molecule has 0 aliphatic heterocycles. The third-order valence-electron chi connectivity index (χ3n) is 10.6. The molecule has 0 amide bonds. The highest BCUT2D eigenvalue weighted by molar-refractivity contribution is 5.88. The van der Waals surface area contributed by atoms with Gasteiger partial charge in [-0.2, -0.15) is 0 Å². The molecule has 0 atom stereocenters. The Morgan fingerprint density at radius 2 is 0.857 bits per heavy atom. The van der Waals surface area contributed by atoms with Crippen LogP contribution in [0.5, 0.6) is 0 Å². The molecule has 2 aliphatic rings. The number of halogens is 1. The average molecular weight is 636 g/mol. The van der Waals surface area contributed by atoms with E-state index in [1.54, 1.807) is 12.1 Å². The molecule has 0 spiro atoms. The average Bonchev–Trinajstić information content (AvgIpc) is 3.51. The van der Waals surface area contributed by atoms with Crippen molar-refractivity contribution in [3.63, 3.8) is 0 Å². The largest absolute Gasteiger partial charge is 0.208 e. The number of rotatable bonds is 4. The zero-order valence-electron chi connectivity index (χ0n) is 27.9. The maximum atomic E-state index is 13.6. The Labute approximate surface area is 286 Å². The molecule has 49 heavy (non-hydrogen) atoms. The molecule has 236 valence electrons. The first-order chi connectivity index (χ1) is 23.7. The normalized spacial score (nSPS) is 14.6. The van der Waals surface area contributed by atoms with Crippen molar-refractivity contribution in [2.75, 3.05) is 0 Å². The number of benzene rings is 6. The van der Waals surface area contributed by atoms with Crippen molar-refractivity contribution in [1.82, 2.24) is 15.0 Å². The first-order valence-corrected chi connectivity index (χ1v) is 16.8. The second-order valence-electron chi connectivity index (χ2n) is 14.2. The molecule has 1 heterocycles. The van der Waals surface area contributed by atoms with Crippen molar-refractivity contribution in [1.29, 1.82) is 0 Å². The molecule has 1 aromatic heterocycles. The van der Waals surface area contributed by atoms with Gasteiger partial charge in [0.05, 0.1) is 0 Å². The lowest BCUT2D eigenvalue weighted by Crippen LogP contribution is -2.17. The standard InChI is InChI=1S/C45H34FN3/c1-44(2)37-14-7-6-11-33(37)36-26-30(22-25-39(36)44)42-47-41(29-18-16-27(17-19-29)28-20-23-31(46)24-21-28)48-43(49-42)35-13-9-12-34-32-10-5-8-15-38(32)45(3,4)40(34)35/h5-26H,1-4H3. The van der Waals surface area contributed by atoms with Gasteiger partial charge in [-0.05, 0) is 73.8 Å². The molecule has 4 heteroatoms. The molecule has 2 aliphatic carbocycles. The maximum absolute atomic E-state index is 13.6. The van der Waals surface area contributed by atoms with Crippen LogP contribution in [0.3, 0.4) is 0 Å². The minimum atomic E-state index is -0.247. The van der Waals surface area contributed by atoms with Crippen LogP contribution in [0.4, 0.5) is 4.39 Å². The summed E-state index contributed by atoms with van der Waals surface area (Å²) in [5, 5.41) is 0. The molecule has 0 unspecified atom stereocenters. The van der Waals surface area contributed by atoms with Crippen LogP contribution in [-0.2, 0) is 10.8 Å². The van der Waals surface area contributed by atoms with Gasteiger partial charge >= 0.3 is 0 Å². The van der Waals surface area contributed by atoms with Crippen LogP contribution in [0.2, 0.25) is 0 Å². The zero-order chi connectivity index (χ0) is 33.5. The first kappa shape index (κ1) is 29.4. The summed E-state index contributed by atoms with van der Waals surface area (Å²) < 4.78 is 13.6. The van der Waals surface area contributed by atoms with E-state index >= 15 is 0 Å². The summed E-state index contributed by atoms with van der Waals surface area (Å²) in [6.45, 7) is 9.17. The molecule has 9 rings (SSSR count). The highest BCUT2D eigenvalue weighted by atomic mass is 19.1. The Hall–Kier alpha value is -5.74. The third kappa shape index (κ3) is 4.51. The van der Waals surface area contributed by atoms with Gasteiger partial charge in [-0.25, -0.2) is 19.3 Å². The fourth-order valence-corrected chi connectivity index (χ4v) is 8.10. The molecule has 3 nitrogen and oxygen atoms in total.